The lowest BCUT2D eigenvalue weighted by atomic mass is 9.78. The number of nitrogens with zero attached hydrogens (tertiary/aromatic N) is 2. The zero-order chi connectivity index (χ0) is 20.4. The summed E-state index contributed by atoms with van der Waals surface area (Å²) in [5.74, 6) is -1.20. The van der Waals surface area contributed by atoms with Crippen molar-refractivity contribution < 1.29 is 19.0 Å². The van der Waals surface area contributed by atoms with Crippen LogP contribution >= 0.6 is 0 Å². The third kappa shape index (κ3) is 3.75. The Morgan fingerprint density at radius 1 is 1.31 bits per heavy atom. The molecule has 0 bridgehead atoms. The minimum Gasteiger partial charge on any atom is -0.501 e. The Bertz CT molecular complexity index is 968. The van der Waals surface area contributed by atoms with Gasteiger partial charge in [0.15, 0.2) is 5.69 Å². The highest BCUT2D eigenvalue weighted by Gasteiger charge is 2.41. The molecule has 1 saturated heterocycles. The van der Waals surface area contributed by atoms with Gasteiger partial charge in [-0.3, -0.25) is 14.2 Å². The van der Waals surface area contributed by atoms with E-state index in [1.54, 1.807) is 12.1 Å². The van der Waals surface area contributed by atoms with E-state index in [-0.39, 0.29) is 24.6 Å². The number of ether oxygens (including phenoxy) is 1. The molecule has 1 spiro atoms. The fourth-order valence-electron chi connectivity index (χ4n) is 3.94. The molecular weight excluding hydrogens is 379 g/mol. The van der Waals surface area contributed by atoms with Crippen LogP contribution in [0.25, 0.3) is 0 Å². The fourth-order valence-corrected chi connectivity index (χ4v) is 3.94. The number of amides is 1. The van der Waals surface area contributed by atoms with Gasteiger partial charge in [0, 0.05) is 6.54 Å². The first kappa shape index (κ1) is 19.5. The number of carbonyl (C=O) groups excluding carboxylic acids is 1. The maximum atomic E-state index is 13.0. The first-order valence-electron chi connectivity index (χ1n) is 9.66. The number of halogens is 1. The van der Waals surface area contributed by atoms with E-state index in [9.17, 15) is 19.1 Å². The fraction of sp³-hybridized carbons (Fsp3) is 0.450. The zero-order valence-electron chi connectivity index (χ0n) is 15.9. The molecule has 2 aliphatic rings. The molecule has 154 valence electrons. The summed E-state index contributed by atoms with van der Waals surface area (Å²) in [5.41, 5.74) is -0.705. The van der Waals surface area contributed by atoms with Crippen molar-refractivity contribution in [3.8, 4) is 5.75 Å². The van der Waals surface area contributed by atoms with E-state index < -0.39 is 22.6 Å². The van der Waals surface area contributed by atoms with Crippen LogP contribution in [0, 0.1) is 5.82 Å². The van der Waals surface area contributed by atoms with Crippen LogP contribution in [0.3, 0.4) is 0 Å². The van der Waals surface area contributed by atoms with Crippen LogP contribution in [0.4, 0.5) is 4.39 Å². The standard InChI is InChI=1S/C20H23FN4O4/c21-14-3-1-13(2-4-14)11-23-17(27)15-16(26)18(28)25-9-10-29-12-20(19(25)24-15)5-7-22-8-6-20/h1-4,22,26H,5-12H2,(H,23,27). The maximum Gasteiger partial charge on any atom is 0.296 e. The van der Waals surface area contributed by atoms with Gasteiger partial charge in [-0.1, -0.05) is 12.1 Å². The summed E-state index contributed by atoms with van der Waals surface area (Å²) in [6.07, 6.45) is 1.45. The average Bonchev–Trinajstić information content (AvgIpc) is 2.90. The third-order valence-electron chi connectivity index (χ3n) is 5.60. The molecular formula is C20H23FN4O4. The zero-order valence-corrected chi connectivity index (χ0v) is 15.9. The molecule has 3 N–H and O–H groups in total. The minimum absolute atomic E-state index is 0.122. The molecule has 2 aromatic rings. The van der Waals surface area contributed by atoms with Crippen LogP contribution in [-0.2, 0) is 23.2 Å². The Labute approximate surface area is 166 Å². The SMILES string of the molecule is O=C(NCc1ccc(F)cc1)c1nc2n(c(=O)c1O)CCOCC21CCNCC1. The van der Waals surface area contributed by atoms with Crippen molar-refractivity contribution in [2.75, 3.05) is 26.3 Å². The first-order chi connectivity index (χ1) is 14.0. The molecule has 2 aliphatic heterocycles. The predicted molar refractivity (Wildman–Crippen MR) is 102 cm³/mol. The van der Waals surface area contributed by atoms with Gasteiger partial charge in [-0.15, -0.1) is 0 Å². The van der Waals surface area contributed by atoms with Crippen molar-refractivity contribution in [1.29, 1.82) is 0 Å². The van der Waals surface area contributed by atoms with Crippen LogP contribution in [-0.4, -0.2) is 46.9 Å². The largest absolute Gasteiger partial charge is 0.501 e. The van der Waals surface area contributed by atoms with Crippen molar-refractivity contribution in [3.05, 3.63) is 57.5 Å². The minimum atomic E-state index is -0.670. The van der Waals surface area contributed by atoms with Gasteiger partial charge < -0.3 is 20.5 Å². The smallest absolute Gasteiger partial charge is 0.296 e. The van der Waals surface area contributed by atoms with E-state index >= 15 is 0 Å². The highest BCUT2D eigenvalue weighted by molar-refractivity contribution is 5.94. The summed E-state index contributed by atoms with van der Waals surface area (Å²) < 4.78 is 20.2. The van der Waals surface area contributed by atoms with Crippen LogP contribution < -0.4 is 16.2 Å². The Kier molecular flexibility index (Phi) is 5.33. The first-order valence-corrected chi connectivity index (χ1v) is 9.66. The van der Waals surface area contributed by atoms with Crippen molar-refractivity contribution in [1.82, 2.24) is 20.2 Å². The molecule has 0 atom stereocenters. The highest BCUT2D eigenvalue weighted by atomic mass is 19.1. The summed E-state index contributed by atoms with van der Waals surface area (Å²) >= 11 is 0. The Hall–Kier alpha value is -2.78. The number of rotatable bonds is 3. The lowest BCUT2D eigenvalue weighted by molar-refractivity contribution is 0.0754. The topological polar surface area (TPSA) is 105 Å². The molecule has 0 aliphatic carbocycles. The van der Waals surface area contributed by atoms with Gasteiger partial charge in [-0.05, 0) is 43.6 Å². The van der Waals surface area contributed by atoms with E-state index in [2.05, 4.69) is 15.6 Å². The Morgan fingerprint density at radius 2 is 2.03 bits per heavy atom. The highest BCUT2D eigenvalue weighted by Crippen LogP contribution is 2.34. The van der Waals surface area contributed by atoms with Crippen molar-refractivity contribution in [2.45, 2.75) is 31.3 Å². The number of carbonyl (C=O) groups is 1. The van der Waals surface area contributed by atoms with Gasteiger partial charge >= 0.3 is 0 Å². The summed E-state index contributed by atoms with van der Waals surface area (Å²) in [5, 5.41) is 16.3. The predicted octanol–water partition coefficient (Wildman–Crippen LogP) is 0.669. The molecule has 1 amide bonds. The summed E-state index contributed by atoms with van der Waals surface area (Å²) in [6.45, 7) is 2.68. The third-order valence-corrected chi connectivity index (χ3v) is 5.60. The van der Waals surface area contributed by atoms with Crippen LogP contribution in [0.5, 0.6) is 5.75 Å². The maximum absolute atomic E-state index is 13.0. The second kappa shape index (κ2) is 7.92. The van der Waals surface area contributed by atoms with Crippen molar-refractivity contribution in [3.63, 3.8) is 0 Å². The summed E-state index contributed by atoms with van der Waals surface area (Å²) in [4.78, 5) is 30.0. The van der Waals surface area contributed by atoms with Crippen LogP contribution in [0.15, 0.2) is 29.1 Å². The van der Waals surface area contributed by atoms with Gasteiger partial charge in [-0.2, -0.15) is 0 Å². The van der Waals surface area contributed by atoms with E-state index in [1.807, 2.05) is 0 Å². The lowest BCUT2D eigenvalue weighted by Crippen LogP contribution is -2.46. The molecule has 9 heteroatoms. The number of hydrogen-bond acceptors (Lipinski definition) is 6. The van der Waals surface area contributed by atoms with Gasteiger partial charge in [-0.25, -0.2) is 9.37 Å². The molecule has 0 unspecified atom stereocenters. The number of aromatic nitrogens is 2. The average molecular weight is 402 g/mol. The van der Waals surface area contributed by atoms with E-state index in [1.165, 1.54) is 16.7 Å². The van der Waals surface area contributed by atoms with Gasteiger partial charge in [0.2, 0.25) is 5.75 Å². The van der Waals surface area contributed by atoms with Crippen molar-refractivity contribution >= 4 is 5.91 Å². The second-order valence-corrected chi connectivity index (χ2v) is 7.48. The summed E-state index contributed by atoms with van der Waals surface area (Å²) in [6, 6.07) is 5.70. The number of hydrogen-bond donors (Lipinski definition) is 3. The molecule has 1 aromatic heterocycles. The molecule has 0 radical (unpaired) electrons. The number of aromatic hydroxyl groups is 1. The molecule has 29 heavy (non-hydrogen) atoms. The number of fused-ring (bicyclic) bond motifs is 2. The van der Waals surface area contributed by atoms with E-state index in [0.717, 1.165) is 25.9 Å². The second-order valence-electron chi connectivity index (χ2n) is 7.48. The van der Waals surface area contributed by atoms with Gasteiger partial charge in [0.25, 0.3) is 11.5 Å². The molecule has 8 nitrogen and oxygen atoms in total. The lowest BCUT2D eigenvalue weighted by Gasteiger charge is -2.36. The molecule has 4 rings (SSSR count). The van der Waals surface area contributed by atoms with Crippen LogP contribution in [0.2, 0.25) is 0 Å². The monoisotopic (exact) mass is 402 g/mol. The van der Waals surface area contributed by atoms with Gasteiger partial charge in [0.05, 0.1) is 25.2 Å². The molecule has 0 saturated carbocycles. The molecule has 1 aromatic carbocycles. The molecule has 1 fully saturated rings. The Balaban J connectivity index is 1.67. The number of nitrogens with one attached hydrogen (secondary N) is 2. The van der Waals surface area contributed by atoms with Crippen molar-refractivity contribution in [2.24, 2.45) is 0 Å². The van der Waals surface area contributed by atoms with Gasteiger partial charge in [0.1, 0.15) is 11.6 Å². The number of piperidine rings is 1. The van der Waals surface area contributed by atoms with Crippen LogP contribution in [0.1, 0.15) is 34.7 Å². The summed E-state index contributed by atoms with van der Waals surface area (Å²) in [7, 11) is 0. The Morgan fingerprint density at radius 3 is 2.76 bits per heavy atom. The van der Waals surface area contributed by atoms with E-state index in [4.69, 9.17) is 4.74 Å². The number of benzene rings is 1. The molecule has 3 heterocycles. The quantitative estimate of drug-likeness (QED) is 0.697. The normalized spacial score (nSPS) is 18.1. The van der Waals surface area contributed by atoms with E-state index in [0.29, 0.717) is 24.6 Å².